The summed E-state index contributed by atoms with van der Waals surface area (Å²) in [5.41, 5.74) is 3.67. The van der Waals surface area contributed by atoms with Crippen LogP contribution in [0.25, 0.3) is 22.5 Å². The number of hydrogen-bond donors (Lipinski definition) is 1. The van der Waals surface area contributed by atoms with Gasteiger partial charge in [0.1, 0.15) is 23.0 Å². The maximum Gasteiger partial charge on any atom is 0.295 e. The van der Waals surface area contributed by atoms with E-state index in [0.29, 0.717) is 29.3 Å². The van der Waals surface area contributed by atoms with Crippen molar-refractivity contribution >= 4 is 11.7 Å². The molecule has 5 aromatic rings. The molecule has 2 heterocycles. The molecule has 7 heteroatoms. The zero-order valence-corrected chi connectivity index (χ0v) is 17.5. The number of aromatic nitrogens is 3. The molecule has 0 fully saturated rings. The lowest BCUT2D eigenvalue weighted by Gasteiger charge is -2.11. The molecule has 5 rings (SSSR count). The van der Waals surface area contributed by atoms with Crippen LogP contribution < -0.4 is 5.32 Å². The fraction of sp³-hybridized carbons (Fsp3) is 0.0385. The molecule has 0 unspecified atom stereocenters. The molecule has 1 amide bonds. The Bertz CT molecular complexity index is 1380. The van der Waals surface area contributed by atoms with Crippen LogP contribution in [0, 0.1) is 5.82 Å². The second kappa shape index (κ2) is 8.92. The summed E-state index contributed by atoms with van der Waals surface area (Å²) in [6.07, 6.45) is 1.65. The molecule has 0 atom stereocenters. The number of anilines is 1. The number of amides is 1. The quantitative estimate of drug-likeness (QED) is 0.372. The first-order valence-electron chi connectivity index (χ1n) is 10.4. The van der Waals surface area contributed by atoms with Crippen LogP contribution in [0.3, 0.4) is 0 Å². The van der Waals surface area contributed by atoms with Gasteiger partial charge in [-0.25, -0.2) is 9.37 Å². The molecule has 0 spiro atoms. The molecule has 0 saturated carbocycles. The maximum absolute atomic E-state index is 13.5. The van der Waals surface area contributed by atoms with Crippen molar-refractivity contribution in [2.24, 2.45) is 0 Å². The van der Waals surface area contributed by atoms with Crippen LogP contribution in [0.2, 0.25) is 0 Å². The minimum Gasteiger partial charge on any atom is -0.350 e. The summed E-state index contributed by atoms with van der Waals surface area (Å²) in [4.78, 5) is 17.5. The van der Waals surface area contributed by atoms with E-state index in [4.69, 9.17) is 4.52 Å². The Balaban J connectivity index is 1.47. The average molecular weight is 438 g/mol. The summed E-state index contributed by atoms with van der Waals surface area (Å²) in [7, 11) is 0. The van der Waals surface area contributed by atoms with E-state index >= 15 is 0 Å². The van der Waals surface area contributed by atoms with E-state index in [9.17, 15) is 9.18 Å². The van der Waals surface area contributed by atoms with E-state index in [2.05, 4.69) is 15.5 Å². The normalized spacial score (nSPS) is 10.8. The zero-order valence-electron chi connectivity index (χ0n) is 17.5. The molecule has 3 aromatic carbocycles. The minimum atomic E-state index is -0.456. The molecule has 33 heavy (non-hydrogen) atoms. The first kappa shape index (κ1) is 20.4. The molecule has 0 aliphatic heterocycles. The van der Waals surface area contributed by atoms with Crippen molar-refractivity contribution in [2.45, 2.75) is 6.54 Å². The fourth-order valence-electron chi connectivity index (χ4n) is 3.53. The van der Waals surface area contributed by atoms with E-state index in [1.807, 2.05) is 65.2 Å². The topological polar surface area (TPSA) is 73.0 Å². The van der Waals surface area contributed by atoms with Gasteiger partial charge in [-0.15, -0.1) is 0 Å². The van der Waals surface area contributed by atoms with Crippen LogP contribution in [0.5, 0.6) is 0 Å². The van der Waals surface area contributed by atoms with Crippen molar-refractivity contribution in [2.75, 3.05) is 5.32 Å². The van der Waals surface area contributed by atoms with Gasteiger partial charge in [0.15, 0.2) is 0 Å². The Morgan fingerprint density at radius 3 is 2.33 bits per heavy atom. The van der Waals surface area contributed by atoms with Crippen molar-refractivity contribution in [3.8, 4) is 22.5 Å². The smallest absolute Gasteiger partial charge is 0.295 e. The third-order valence-corrected chi connectivity index (χ3v) is 5.19. The monoisotopic (exact) mass is 438 g/mol. The van der Waals surface area contributed by atoms with Crippen LogP contribution in [0.4, 0.5) is 10.2 Å². The molecule has 1 N–H and O–H groups in total. The van der Waals surface area contributed by atoms with E-state index in [-0.39, 0.29) is 11.6 Å². The second-order valence-electron chi connectivity index (χ2n) is 7.46. The van der Waals surface area contributed by atoms with Gasteiger partial charge in [-0.1, -0.05) is 65.8 Å². The number of imidazole rings is 1. The number of benzene rings is 3. The first-order chi connectivity index (χ1) is 16.2. The highest BCUT2D eigenvalue weighted by Gasteiger charge is 2.20. The maximum atomic E-state index is 13.5. The largest absolute Gasteiger partial charge is 0.350 e. The number of nitrogens with zero attached hydrogens (tertiary/aromatic N) is 3. The molecule has 0 saturated heterocycles. The Labute approximate surface area is 189 Å². The molecule has 0 radical (unpaired) electrons. The van der Waals surface area contributed by atoms with Crippen molar-refractivity contribution in [3.05, 3.63) is 114 Å². The van der Waals surface area contributed by atoms with Crippen molar-refractivity contribution in [3.63, 3.8) is 0 Å². The van der Waals surface area contributed by atoms with Crippen molar-refractivity contribution in [1.82, 2.24) is 14.7 Å². The van der Waals surface area contributed by atoms with Gasteiger partial charge in [-0.3, -0.25) is 4.79 Å². The van der Waals surface area contributed by atoms with Crippen LogP contribution in [-0.4, -0.2) is 20.6 Å². The average Bonchev–Trinajstić information content (AvgIpc) is 3.49. The first-order valence-corrected chi connectivity index (χ1v) is 10.4. The van der Waals surface area contributed by atoms with E-state index in [1.165, 1.54) is 12.1 Å². The van der Waals surface area contributed by atoms with Gasteiger partial charge in [0, 0.05) is 17.2 Å². The van der Waals surface area contributed by atoms with Crippen LogP contribution in [0.15, 0.2) is 102 Å². The van der Waals surface area contributed by atoms with Gasteiger partial charge in [-0.2, -0.15) is 0 Å². The van der Waals surface area contributed by atoms with Crippen LogP contribution >= 0.6 is 0 Å². The highest BCUT2D eigenvalue weighted by atomic mass is 19.1. The fourth-order valence-corrected chi connectivity index (χ4v) is 3.53. The minimum absolute atomic E-state index is 0.0753. The van der Waals surface area contributed by atoms with Gasteiger partial charge < -0.3 is 14.4 Å². The molecule has 0 bridgehead atoms. The predicted molar refractivity (Wildman–Crippen MR) is 123 cm³/mol. The van der Waals surface area contributed by atoms with Gasteiger partial charge in [0.05, 0.1) is 12.9 Å². The summed E-state index contributed by atoms with van der Waals surface area (Å²) in [5.74, 6) is -0.245. The van der Waals surface area contributed by atoms with Gasteiger partial charge in [-0.05, 0) is 29.8 Å². The Hall–Kier alpha value is -4.52. The number of carbonyl (C=O) groups excluding carboxylic acids is 1. The van der Waals surface area contributed by atoms with Gasteiger partial charge in [0.25, 0.3) is 5.91 Å². The highest BCUT2D eigenvalue weighted by molar-refractivity contribution is 6.04. The molecule has 162 valence electrons. The molecule has 6 nitrogen and oxygen atoms in total. The standard InChI is InChI=1S/C26H19FN4O2/c27-21-13-11-20(12-14-21)24-25(31(17-28-24)16-18-7-3-1-4-8-18)29-26(32)23-15-22(30-33-23)19-9-5-2-6-10-19/h1-15,17H,16H2,(H,29,32). The third-order valence-electron chi connectivity index (χ3n) is 5.19. The molecular weight excluding hydrogens is 419 g/mol. The molecule has 0 aliphatic carbocycles. The summed E-state index contributed by atoms with van der Waals surface area (Å²) in [6, 6.07) is 26.9. The summed E-state index contributed by atoms with van der Waals surface area (Å²) < 4.78 is 20.6. The van der Waals surface area contributed by atoms with E-state index < -0.39 is 5.91 Å². The number of hydrogen-bond acceptors (Lipinski definition) is 4. The van der Waals surface area contributed by atoms with E-state index in [0.717, 1.165) is 11.1 Å². The lowest BCUT2D eigenvalue weighted by molar-refractivity contribution is 0.0987. The van der Waals surface area contributed by atoms with Gasteiger partial charge in [0.2, 0.25) is 5.76 Å². The van der Waals surface area contributed by atoms with Crippen molar-refractivity contribution < 1.29 is 13.7 Å². The Morgan fingerprint density at radius 2 is 1.61 bits per heavy atom. The van der Waals surface area contributed by atoms with E-state index in [1.54, 1.807) is 24.5 Å². The summed E-state index contributed by atoms with van der Waals surface area (Å²) >= 11 is 0. The summed E-state index contributed by atoms with van der Waals surface area (Å²) in [6.45, 7) is 0.496. The third kappa shape index (κ3) is 4.43. The summed E-state index contributed by atoms with van der Waals surface area (Å²) in [5, 5.41) is 6.92. The Kier molecular flexibility index (Phi) is 5.51. The molecular formula is C26H19FN4O2. The lowest BCUT2D eigenvalue weighted by atomic mass is 10.1. The molecule has 0 aliphatic rings. The van der Waals surface area contributed by atoms with Gasteiger partial charge >= 0.3 is 0 Å². The van der Waals surface area contributed by atoms with Crippen molar-refractivity contribution in [1.29, 1.82) is 0 Å². The zero-order chi connectivity index (χ0) is 22.6. The number of carbonyl (C=O) groups is 1. The Morgan fingerprint density at radius 1 is 0.909 bits per heavy atom. The van der Waals surface area contributed by atoms with Crippen LogP contribution in [-0.2, 0) is 6.54 Å². The number of rotatable bonds is 6. The molecule has 2 aromatic heterocycles. The second-order valence-corrected chi connectivity index (χ2v) is 7.46. The SMILES string of the molecule is O=C(Nc1c(-c2ccc(F)cc2)ncn1Cc1ccccc1)c1cc(-c2ccccc2)no1. The number of nitrogens with one attached hydrogen (secondary N) is 1. The predicted octanol–water partition coefficient (Wildman–Crippen LogP) is 5.64. The highest BCUT2D eigenvalue weighted by Crippen LogP contribution is 2.28. The number of halogens is 1. The van der Waals surface area contributed by atoms with Crippen LogP contribution in [0.1, 0.15) is 16.1 Å². The lowest BCUT2D eigenvalue weighted by Crippen LogP contribution is -2.15.